The highest BCUT2D eigenvalue weighted by molar-refractivity contribution is 7.71. The molecule has 0 atom stereocenters. The number of hydrogen-bond donors (Lipinski definition) is 2. The van der Waals surface area contributed by atoms with E-state index >= 15 is 0 Å². The lowest BCUT2D eigenvalue weighted by molar-refractivity contribution is 0.102. The minimum absolute atomic E-state index is 0.163. The Kier molecular flexibility index (Phi) is 4.26. The van der Waals surface area contributed by atoms with Crippen molar-refractivity contribution in [1.29, 1.82) is 0 Å². The van der Waals surface area contributed by atoms with Crippen molar-refractivity contribution < 1.29 is 4.79 Å². The monoisotopic (exact) mass is 340 g/mol. The van der Waals surface area contributed by atoms with E-state index in [1.54, 1.807) is 30.5 Å². The highest BCUT2D eigenvalue weighted by Gasteiger charge is 2.10. The number of anilines is 1. The number of benzene rings is 1. The van der Waals surface area contributed by atoms with E-state index in [0.717, 1.165) is 5.56 Å². The van der Waals surface area contributed by atoms with Gasteiger partial charge in [-0.1, -0.05) is 0 Å². The number of nitrogens with one attached hydrogen (secondary N) is 2. The zero-order chi connectivity index (χ0) is 17.3. The van der Waals surface area contributed by atoms with E-state index in [1.165, 1.54) is 4.57 Å². The molecule has 0 saturated carbocycles. The molecule has 2 heterocycles. The van der Waals surface area contributed by atoms with Crippen LogP contribution in [0.15, 0.2) is 41.3 Å². The molecule has 122 valence electrons. The Bertz CT molecular complexity index is 1050. The maximum absolute atomic E-state index is 12.4. The first-order valence-corrected chi connectivity index (χ1v) is 7.91. The van der Waals surface area contributed by atoms with Crippen LogP contribution in [0, 0.1) is 11.7 Å². The molecule has 0 radical (unpaired) electrons. The van der Waals surface area contributed by atoms with E-state index in [2.05, 4.69) is 15.3 Å². The van der Waals surface area contributed by atoms with Crippen molar-refractivity contribution >= 4 is 34.8 Å². The molecule has 7 heteroatoms. The van der Waals surface area contributed by atoms with Gasteiger partial charge in [0.15, 0.2) is 4.77 Å². The van der Waals surface area contributed by atoms with Crippen LogP contribution < -0.4 is 10.9 Å². The fourth-order valence-electron chi connectivity index (χ4n) is 2.48. The number of aromatic amines is 1. The lowest BCUT2D eigenvalue weighted by Crippen LogP contribution is -2.21. The highest BCUT2D eigenvalue weighted by atomic mass is 32.1. The molecule has 2 N–H and O–H groups in total. The molecule has 0 aliphatic heterocycles. The normalized spacial score (nSPS) is 10.8. The fourth-order valence-corrected chi connectivity index (χ4v) is 2.80. The maximum atomic E-state index is 12.4. The summed E-state index contributed by atoms with van der Waals surface area (Å²) in [7, 11) is 0. The number of aromatic nitrogens is 3. The van der Waals surface area contributed by atoms with Crippen molar-refractivity contribution in [1.82, 2.24) is 14.5 Å². The van der Waals surface area contributed by atoms with Crippen molar-refractivity contribution in [2.45, 2.75) is 20.4 Å². The molecule has 24 heavy (non-hydrogen) atoms. The summed E-state index contributed by atoms with van der Waals surface area (Å²) in [6.07, 6.45) is 1.63. The number of carbonyl (C=O) groups is 1. The van der Waals surface area contributed by atoms with Crippen molar-refractivity contribution in [3.8, 4) is 0 Å². The van der Waals surface area contributed by atoms with Gasteiger partial charge in [0, 0.05) is 18.3 Å². The number of aryl methyl sites for hydroxylation is 1. The van der Waals surface area contributed by atoms with Gasteiger partial charge < -0.3 is 10.3 Å². The lowest BCUT2D eigenvalue weighted by Gasteiger charge is -2.08. The van der Waals surface area contributed by atoms with E-state index in [0.29, 0.717) is 33.6 Å². The average molecular weight is 340 g/mol. The van der Waals surface area contributed by atoms with Gasteiger partial charge in [-0.05, 0) is 62.0 Å². The third kappa shape index (κ3) is 2.98. The predicted molar refractivity (Wildman–Crippen MR) is 96.0 cm³/mol. The van der Waals surface area contributed by atoms with Gasteiger partial charge in [-0.25, -0.2) is 4.98 Å². The summed E-state index contributed by atoms with van der Waals surface area (Å²) in [4.78, 5) is 31.9. The molecule has 0 unspecified atom stereocenters. The fraction of sp³-hybridized carbons (Fsp3) is 0.176. The van der Waals surface area contributed by atoms with E-state index in [4.69, 9.17) is 12.2 Å². The second-order valence-corrected chi connectivity index (χ2v) is 5.80. The van der Waals surface area contributed by atoms with Gasteiger partial charge in [0.1, 0.15) is 5.82 Å². The quantitative estimate of drug-likeness (QED) is 0.718. The summed E-state index contributed by atoms with van der Waals surface area (Å²) < 4.78 is 1.82. The van der Waals surface area contributed by atoms with Crippen LogP contribution in [0.3, 0.4) is 0 Å². The zero-order valence-corrected chi connectivity index (χ0v) is 14.1. The number of amides is 1. The molecule has 0 spiro atoms. The average Bonchev–Trinajstić information content (AvgIpc) is 2.54. The van der Waals surface area contributed by atoms with Crippen LogP contribution in [0.2, 0.25) is 0 Å². The highest BCUT2D eigenvalue weighted by Crippen LogP contribution is 2.13. The molecule has 3 rings (SSSR count). The first-order valence-electron chi connectivity index (χ1n) is 7.50. The topological polar surface area (TPSA) is 79.8 Å². The molecular weight excluding hydrogens is 324 g/mol. The molecule has 0 saturated heterocycles. The number of fused-ring (bicyclic) bond motifs is 1. The third-order valence-corrected chi connectivity index (χ3v) is 4.04. The number of H-pyrrole nitrogens is 1. The van der Waals surface area contributed by atoms with Crippen molar-refractivity contribution in [2.24, 2.45) is 0 Å². The Morgan fingerprint density at radius 1 is 1.33 bits per heavy atom. The molecule has 1 aromatic carbocycles. The van der Waals surface area contributed by atoms with E-state index in [1.807, 2.05) is 19.9 Å². The van der Waals surface area contributed by atoms with Crippen LogP contribution >= 0.6 is 12.2 Å². The molecule has 0 aliphatic rings. The van der Waals surface area contributed by atoms with Crippen LogP contribution in [-0.4, -0.2) is 20.4 Å². The lowest BCUT2D eigenvalue weighted by atomic mass is 10.1. The Balaban J connectivity index is 2.00. The van der Waals surface area contributed by atoms with Crippen LogP contribution in [-0.2, 0) is 6.54 Å². The Labute approximate surface area is 143 Å². The van der Waals surface area contributed by atoms with Crippen LogP contribution in [0.1, 0.15) is 22.8 Å². The smallest absolute Gasteiger partial charge is 0.262 e. The maximum Gasteiger partial charge on any atom is 0.262 e. The first-order chi connectivity index (χ1) is 11.5. The Morgan fingerprint density at radius 2 is 2.12 bits per heavy atom. The van der Waals surface area contributed by atoms with E-state index < -0.39 is 0 Å². The summed E-state index contributed by atoms with van der Waals surface area (Å²) in [6, 6.07) is 8.51. The molecule has 2 aromatic heterocycles. The van der Waals surface area contributed by atoms with Gasteiger partial charge in [-0.15, -0.1) is 0 Å². The van der Waals surface area contributed by atoms with Crippen LogP contribution in [0.25, 0.3) is 10.9 Å². The van der Waals surface area contributed by atoms with E-state index in [9.17, 15) is 9.59 Å². The minimum Gasteiger partial charge on any atom is -0.332 e. The Hall–Kier alpha value is -2.80. The van der Waals surface area contributed by atoms with Crippen LogP contribution in [0.5, 0.6) is 0 Å². The third-order valence-electron chi connectivity index (χ3n) is 3.72. The van der Waals surface area contributed by atoms with Gasteiger partial charge in [0.25, 0.3) is 11.5 Å². The van der Waals surface area contributed by atoms with Gasteiger partial charge in [0.05, 0.1) is 10.9 Å². The summed E-state index contributed by atoms with van der Waals surface area (Å²) in [5.41, 5.74) is 1.80. The minimum atomic E-state index is -0.297. The number of nitrogens with zero attached hydrogens (tertiary/aromatic N) is 2. The summed E-state index contributed by atoms with van der Waals surface area (Å²) in [5.74, 6) is 0.184. The molecule has 0 bridgehead atoms. The van der Waals surface area contributed by atoms with Crippen LogP contribution in [0.4, 0.5) is 5.82 Å². The van der Waals surface area contributed by atoms with Gasteiger partial charge in [-0.2, -0.15) is 0 Å². The summed E-state index contributed by atoms with van der Waals surface area (Å²) >= 11 is 5.19. The standard InChI is InChI=1S/C17H16N4O2S/c1-3-21-16(23)12-5-4-11(9-13(12)19-17(21)24)15(22)20-14-8-10(2)6-7-18-14/h4-9H,3H2,1-2H3,(H,19,24)(H,18,20,22). The molecule has 0 fully saturated rings. The predicted octanol–water partition coefficient (Wildman–Crippen LogP) is 3.03. The van der Waals surface area contributed by atoms with Gasteiger partial charge >= 0.3 is 0 Å². The van der Waals surface area contributed by atoms with Crippen molar-refractivity contribution in [2.75, 3.05) is 5.32 Å². The van der Waals surface area contributed by atoms with Gasteiger partial charge in [0.2, 0.25) is 0 Å². The number of hydrogen-bond acceptors (Lipinski definition) is 4. The molecule has 6 nitrogen and oxygen atoms in total. The first kappa shape index (κ1) is 16.1. The zero-order valence-electron chi connectivity index (χ0n) is 13.3. The Morgan fingerprint density at radius 3 is 2.83 bits per heavy atom. The second-order valence-electron chi connectivity index (χ2n) is 5.41. The number of carbonyl (C=O) groups excluding carboxylic acids is 1. The molecule has 0 aliphatic carbocycles. The number of pyridine rings is 1. The summed E-state index contributed by atoms with van der Waals surface area (Å²) in [6.45, 7) is 4.27. The van der Waals surface area contributed by atoms with Gasteiger partial charge in [-0.3, -0.25) is 14.2 Å². The number of rotatable bonds is 3. The van der Waals surface area contributed by atoms with E-state index in [-0.39, 0.29) is 11.5 Å². The molecule has 3 aromatic rings. The van der Waals surface area contributed by atoms with Crippen molar-refractivity contribution in [3.63, 3.8) is 0 Å². The second kappa shape index (κ2) is 6.37. The molecule has 1 amide bonds. The molecular formula is C17H16N4O2S. The largest absolute Gasteiger partial charge is 0.332 e. The summed E-state index contributed by atoms with van der Waals surface area (Å²) in [5, 5.41) is 3.24. The van der Waals surface area contributed by atoms with Crippen molar-refractivity contribution in [3.05, 3.63) is 62.8 Å². The SMILES string of the molecule is CCn1c(=S)[nH]c2cc(C(=O)Nc3cc(C)ccn3)ccc2c1=O.